The smallest absolute Gasteiger partial charge is 0.343 e. The summed E-state index contributed by atoms with van der Waals surface area (Å²) in [6.45, 7) is 4.38. The summed E-state index contributed by atoms with van der Waals surface area (Å²) in [4.78, 5) is 11.5. The molecule has 1 unspecified atom stereocenters. The molecular weight excluding hydrogens is 194 g/mol. The van der Waals surface area contributed by atoms with Gasteiger partial charge in [-0.25, -0.2) is 4.79 Å². The van der Waals surface area contributed by atoms with E-state index >= 15 is 0 Å². The lowest BCUT2D eigenvalue weighted by atomic mass is 10.2. The minimum absolute atomic E-state index is 0.0637. The number of rotatable bonds is 4. The second-order valence-electron chi connectivity index (χ2n) is 3.12. The van der Waals surface area contributed by atoms with E-state index in [1.54, 1.807) is 19.1 Å². The van der Waals surface area contributed by atoms with Gasteiger partial charge in [0, 0.05) is 0 Å². The molecule has 0 aliphatic heterocycles. The molecule has 0 saturated heterocycles. The van der Waals surface area contributed by atoms with Crippen molar-refractivity contribution < 1.29 is 14.6 Å². The van der Waals surface area contributed by atoms with Crippen LogP contribution in [0.2, 0.25) is 0 Å². The van der Waals surface area contributed by atoms with E-state index in [1.807, 2.05) is 6.92 Å². The molecule has 4 heteroatoms. The average molecular weight is 209 g/mol. The summed E-state index contributed by atoms with van der Waals surface area (Å²) >= 11 is 0. The van der Waals surface area contributed by atoms with Gasteiger partial charge in [-0.15, -0.1) is 0 Å². The molecule has 1 aromatic rings. The summed E-state index contributed by atoms with van der Waals surface area (Å²) in [5.74, 6) is -0.590. The van der Waals surface area contributed by atoms with Crippen molar-refractivity contribution in [3.05, 3.63) is 29.8 Å². The fourth-order valence-electron chi connectivity index (χ4n) is 1.20. The van der Waals surface area contributed by atoms with Crippen molar-refractivity contribution in [2.24, 2.45) is 0 Å². The predicted octanol–water partition coefficient (Wildman–Crippen LogP) is 1.50. The van der Waals surface area contributed by atoms with Crippen LogP contribution in [0.4, 0.5) is 0 Å². The molecule has 2 N–H and O–H groups in total. The fraction of sp³-hybridized carbons (Fsp3) is 0.364. The van der Waals surface area contributed by atoms with Crippen molar-refractivity contribution >= 4 is 5.97 Å². The van der Waals surface area contributed by atoms with Crippen LogP contribution in [0.3, 0.4) is 0 Å². The maximum absolute atomic E-state index is 11.5. The highest BCUT2D eigenvalue weighted by atomic mass is 16.6. The SMILES string of the molecule is CCNC(C)OC(=O)c1ccccc1O. The van der Waals surface area contributed by atoms with Crippen molar-refractivity contribution in [1.29, 1.82) is 0 Å². The van der Waals surface area contributed by atoms with Crippen molar-refractivity contribution in [3.63, 3.8) is 0 Å². The molecule has 0 radical (unpaired) electrons. The Bertz CT molecular complexity index is 338. The Morgan fingerprint density at radius 3 is 2.80 bits per heavy atom. The molecule has 0 bridgehead atoms. The molecule has 0 spiro atoms. The van der Waals surface area contributed by atoms with Gasteiger partial charge in [-0.3, -0.25) is 5.32 Å². The number of nitrogens with one attached hydrogen (secondary N) is 1. The number of esters is 1. The Morgan fingerprint density at radius 2 is 2.20 bits per heavy atom. The third-order valence-electron chi connectivity index (χ3n) is 1.90. The summed E-state index contributed by atoms with van der Waals surface area (Å²) < 4.78 is 5.05. The third-order valence-corrected chi connectivity index (χ3v) is 1.90. The van der Waals surface area contributed by atoms with E-state index in [0.29, 0.717) is 0 Å². The van der Waals surface area contributed by atoms with E-state index in [2.05, 4.69) is 5.32 Å². The monoisotopic (exact) mass is 209 g/mol. The Morgan fingerprint density at radius 1 is 1.53 bits per heavy atom. The molecule has 82 valence electrons. The van der Waals surface area contributed by atoms with Gasteiger partial charge in [0.1, 0.15) is 11.3 Å². The third kappa shape index (κ3) is 3.25. The minimum atomic E-state index is -0.526. The summed E-state index contributed by atoms with van der Waals surface area (Å²) in [5, 5.41) is 12.3. The molecule has 15 heavy (non-hydrogen) atoms. The van der Waals surface area contributed by atoms with E-state index in [1.165, 1.54) is 12.1 Å². The topological polar surface area (TPSA) is 58.6 Å². The average Bonchev–Trinajstić information content (AvgIpc) is 2.18. The van der Waals surface area contributed by atoms with E-state index in [0.717, 1.165) is 6.54 Å². The number of hydrogen-bond acceptors (Lipinski definition) is 4. The molecule has 0 aliphatic rings. The second-order valence-corrected chi connectivity index (χ2v) is 3.12. The first kappa shape index (κ1) is 11.5. The second kappa shape index (κ2) is 5.36. The van der Waals surface area contributed by atoms with Crippen LogP contribution in [-0.4, -0.2) is 23.8 Å². The highest BCUT2D eigenvalue weighted by molar-refractivity contribution is 5.92. The molecule has 1 rings (SSSR count). The molecule has 1 aromatic carbocycles. The van der Waals surface area contributed by atoms with Crippen molar-refractivity contribution in [2.45, 2.75) is 20.1 Å². The zero-order valence-corrected chi connectivity index (χ0v) is 8.86. The van der Waals surface area contributed by atoms with Gasteiger partial charge in [-0.05, 0) is 25.6 Å². The number of hydrogen-bond donors (Lipinski definition) is 2. The van der Waals surface area contributed by atoms with Crippen LogP contribution in [0, 0.1) is 0 Å². The van der Waals surface area contributed by atoms with Gasteiger partial charge in [-0.2, -0.15) is 0 Å². The summed E-state index contributed by atoms with van der Waals surface area (Å²) in [6.07, 6.45) is -0.359. The Kier molecular flexibility index (Phi) is 4.12. The van der Waals surface area contributed by atoms with Crippen molar-refractivity contribution in [2.75, 3.05) is 6.54 Å². The first-order valence-electron chi connectivity index (χ1n) is 4.87. The Labute approximate surface area is 88.9 Å². The first-order chi connectivity index (χ1) is 7.15. The molecule has 0 fully saturated rings. The molecule has 1 atom stereocenters. The van der Waals surface area contributed by atoms with Gasteiger partial charge in [-0.1, -0.05) is 19.1 Å². The van der Waals surface area contributed by atoms with Crippen molar-refractivity contribution in [3.8, 4) is 5.75 Å². The molecular formula is C11H15NO3. The lowest BCUT2D eigenvalue weighted by molar-refractivity contribution is 0.0267. The largest absolute Gasteiger partial charge is 0.507 e. The van der Waals surface area contributed by atoms with Crippen LogP contribution >= 0.6 is 0 Å². The van der Waals surface area contributed by atoms with Crippen LogP contribution < -0.4 is 5.32 Å². The number of phenols is 1. The van der Waals surface area contributed by atoms with E-state index in [4.69, 9.17) is 4.74 Å². The number of benzene rings is 1. The quantitative estimate of drug-likeness (QED) is 0.583. The fourth-order valence-corrected chi connectivity index (χ4v) is 1.20. The number of aromatic hydroxyl groups is 1. The van der Waals surface area contributed by atoms with Gasteiger partial charge in [0.2, 0.25) is 0 Å². The highest BCUT2D eigenvalue weighted by Gasteiger charge is 2.14. The summed E-state index contributed by atoms with van der Waals surface area (Å²) in [5.41, 5.74) is 0.183. The van der Waals surface area contributed by atoms with Crippen LogP contribution in [0.5, 0.6) is 5.75 Å². The van der Waals surface area contributed by atoms with Gasteiger partial charge in [0.15, 0.2) is 6.23 Å². The van der Waals surface area contributed by atoms with E-state index in [-0.39, 0.29) is 17.5 Å². The maximum Gasteiger partial charge on any atom is 0.343 e. The minimum Gasteiger partial charge on any atom is -0.507 e. The number of carbonyl (C=O) groups excluding carboxylic acids is 1. The predicted molar refractivity (Wildman–Crippen MR) is 56.7 cm³/mol. The normalized spacial score (nSPS) is 12.1. The molecule has 0 aliphatic carbocycles. The molecule has 4 nitrogen and oxygen atoms in total. The van der Waals surface area contributed by atoms with Crippen LogP contribution in [0.15, 0.2) is 24.3 Å². The Hall–Kier alpha value is -1.55. The van der Waals surface area contributed by atoms with Gasteiger partial charge >= 0.3 is 5.97 Å². The van der Waals surface area contributed by atoms with Crippen molar-refractivity contribution in [1.82, 2.24) is 5.32 Å². The number of para-hydroxylation sites is 1. The lowest BCUT2D eigenvalue weighted by Gasteiger charge is -2.13. The maximum atomic E-state index is 11.5. The van der Waals surface area contributed by atoms with E-state index in [9.17, 15) is 9.90 Å². The van der Waals surface area contributed by atoms with Crippen LogP contribution in [0.25, 0.3) is 0 Å². The number of ether oxygens (including phenoxy) is 1. The lowest BCUT2D eigenvalue weighted by Crippen LogP contribution is -2.30. The molecule has 0 amide bonds. The molecule has 0 heterocycles. The summed E-state index contributed by atoms with van der Waals surface area (Å²) in [7, 11) is 0. The molecule has 0 aromatic heterocycles. The zero-order chi connectivity index (χ0) is 11.3. The first-order valence-corrected chi connectivity index (χ1v) is 4.87. The standard InChI is InChI=1S/C11H15NO3/c1-3-12-8(2)15-11(14)9-6-4-5-7-10(9)13/h4-8,12-13H,3H2,1-2H3. The van der Waals surface area contributed by atoms with Crippen LogP contribution in [0.1, 0.15) is 24.2 Å². The highest BCUT2D eigenvalue weighted by Crippen LogP contribution is 2.16. The summed E-state index contributed by atoms with van der Waals surface area (Å²) in [6, 6.07) is 6.30. The zero-order valence-electron chi connectivity index (χ0n) is 8.86. The Balaban J connectivity index is 2.65. The molecule has 0 saturated carbocycles. The number of phenolic OH excluding ortho intramolecular Hbond substituents is 1. The van der Waals surface area contributed by atoms with Gasteiger partial charge < -0.3 is 9.84 Å². The van der Waals surface area contributed by atoms with Crippen LogP contribution in [-0.2, 0) is 4.74 Å². The van der Waals surface area contributed by atoms with Gasteiger partial charge in [0.05, 0.1) is 0 Å². The van der Waals surface area contributed by atoms with Gasteiger partial charge in [0.25, 0.3) is 0 Å². The van der Waals surface area contributed by atoms with E-state index < -0.39 is 5.97 Å². The number of carbonyl (C=O) groups is 1.